The van der Waals surface area contributed by atoms with Gasteiger partial charge in [0, 0.05) is 10.9 Å². The van der Waals surface area contributed by atoms with Crippen LogP contribution in [0, 0.1) is 0 Å². The smallest absolute Gasteiger partial charge is 0.0291 e. The van der Waals surface area contributed by atoms with E-state index in [4.69, 9.17) is 5.73 Å². The fourth-order valence-electron chi connectivity index (χ4n) is 1.60. The van der Waals surface area contributed by atoms with E-state index >= 15 is 0 Å². The summed E-state index contributed by atoms with van der Waals surface area (Å²) in [7, 11) is 0. The van der Waals surface area contributed by atoms with Crippen molar-refractivity contribution in [3.8, 4) is 0 Å². The van der Waals surface area contributed by atoms with Crippen molar-refractivity contribution in [3.05, 3.63) is 29.8 Å². The molecule has 1 atom stereocenters. The van der Waals surface area contributed by atoms with Gasteiger partial charge in [-0.25, -0.2) is 0 Å². The molecule has 0 aromatic heterocycles. The van der Waals surface area contributed by atoms with Crippen LogP contribution in [0.2, 0.25) is 0 Å². The van der Waals surface area contributed by atoms with Gasteiger partial charge < -0.3 is 11.1 Å². The standard InChI is InChI=1S/C13H22N2S/c1-11(15-10-4-3-9-14)12-5-7-13(16-2)8-6-12/h5-8,11,15H,3-4,9-10,14H2,1-2H3. The summed E-state index contributed by atoms with van der Waals surface area (Å²) in [6.45, 7) is 4.04. The first-order valence-electron chi connectivity index (χ1n) is 5.85. The van der Waals surface area contributed by atoms with E-state index < -0.39 is 0 Å². The molecule has 1 unspecified atom stereocenters. The SMILES string of the molecule is CSc1ccc(C(C)NCCCCN)cc1. The molecule has 0 saturated carbocycles. The Balaban J connectivity index is 2.37. The Bertz CT molecular complexity index is 284. The molecule has 1 rings (SSSR count). The van der Waals surface area contributed by atoms with E-state index in [9.17, 15) is 0 Å². The summed E-state index contributed by atoms with van der Waals surface area (Å²) in [5, 5.41) is 3.51. The molecule has 0 aliphatic carbocycles. The van der Waals surface area contributed by atoms with Crippen LogP contribution in [0.1, 0.15) is 31.4 Å². The maximum absolute atomic E-state index is 5.46. The molecule has 3 heteroatoms. The zero-order valence-corrected chi connectivity index (χ0v) is 11.0. The number of hydrogen-bond donors (Lipinski definition) is 2. The molecule has 0 spiro atoms. The van der Waals surface area contributed by atoms with E-state index in [-0.39, 0.29) is 0 Å². The Kier molecular flexibility index (Phi) is 6.53. The molecule has 0 fully saturated rings. The second-order valence-electron chi connectivity index (χ2n) is 3.94. The van der Waals surface area contributed by atoms with Crippen LogP contribution < -0.4 is 11.1 Å². The molecule has 16 heavy (non-hydrogen) atoms. The van der Waals surface area contributed by atoms with Gasteiger partial charge in [-0.2, -0.15) is 0 Å². The van der Waals surface area contributed by atoms with Crippen LogP contribution in [0.5, 0.6) is 0 Å². The highest BCUT2D eigenvalue weighted by Crippen LogP contribution is 2.18. The van der Waals surface area contributed by atoms with Crippen molar-refractivity contribution in [2.24, 2.45) is 5.73 Å². The lowest BCUT2D eigenvalue weighted by Crippen LogP contribution is -2.20. The van der Waals surface area contributed by atoms with Gasteiger partial charge in [0.25, 0.3) is 0 Å². The van der Waals surface area contributed by atoms with E-state index in [1.165, 1.54) is 10.5 Å². The summed E-state index contributed by atoms with van der Waals surface area (Å²) in [5.74, 6) is 0. The highest BCUT2D eigenvalue weighted by atomic mass is 32.2. The molecule has 0 saturated heterocycles. The summed E-state index contributed by atoms with van der Waals surface area (Å²) in [4.78, 5) is 1.32. The zero-order chi connectivity index (χ0) is 11.8. The average molecular weight is 238 g/mol. The molecule has 1 aromatic carbocycles. The molecule has 0 aliphatic heterocycles. The maximum Gasteiger partial charge on any atom is 0.0291 e. The van der Waals surface area contributed by atoms with Crippen molar-refractivity contribution in [3.63, 3.8) is 0 Å². The van der Waals surface area contributed by atoms with Crippen LogP contribution in [0.3, 0.4) is 0 Å². The minimum absolute atomic E-state index is 0.425. The maximum atomic E-state index is 5.46. The largest absolute Gasteiger partial charge is 0.330 e. The molecular formula is C13H22N2S. The Morgan fingerprint density at radius 1 is 1.25 bits per heavy atom. The monoisotopic (exact) mass is 238 g/mol. The second kappa shape index (κ2) is 7.71. The average Bonchev–Trinajstić information content (AvgIpc) is 2.34. The predicted molar refractivity (Wildman–Crippen MR) is 72.9 cm³/mol. The first kappa shape index (κ1) is 13.6. The van der Waals surface area contributed by atoms with Crippen LogP contribution in [-0.2, 0) is 0 Å². The normalized spacial score (nSPS) is 12.7. The van der Waals surface area contributed by atoms with Crippen molar-refractivity contribution >= 4 is 11.8 Å². The van der Waals surface area contributed by atoms with Crippen molar-refractivity contribution in [1.29, 1.82) is 0 Å². The number of benzene rings is 1. The quantitative estimate of drug-likeness (QED) is 0.566. The van der Waals surface area contributed by atoms with Gasteiger partial charge in [-0.15, -0.1) is 11.8 Å². The summed E-state index contributed by atoms with van der Waals surface area (Å²) in [6, 6.07) is 9.18. The third-order valence-corrected chi connectivity index (χ3v) is 3.44. The molecule has 2 nitrogen and oxygen atoms in total. The van der Waals surface area contributed by atoms with Gasteiger partial charge in [0.2, 0.25) is 0 Å². The lowest BCUT2D eigenvalue weighted by atomic mass is 10.1. The lowest BCUT2D eigenvalue weighted by Gasteiger charge is -2.14. The molecule has 0 radical (unpaired) electrons. The topological polar surface area (TPSA) is 38.0 Å². The van der Waals surface area contributed by atoms with Crippen LogP contribution in [0.4, 0.5) is 0 Å². The van der Waals surface area contributed by atoms with Gasteiger partial charge in [-0.1, -0.05) is 12.1 Å². The molecule has 0 heterocycles. The van der Waals surface area contributed by atoms with Gasteiger partial charge in [0.1, 0.15) is 0 Å². The van der Waals surface area contributed by atoms with Crippen molar-refractivity contribution in [1.82, 2.24) is 5.32 Å². The molecule has 0 aliphatic rings. The Labute approximate surface area is 103 Å². The fraction of sp³-hybridized carbons (Fsp3) is 0.538. The molecule has 0 amide bonds. The Morgan fingerprint density at radius 2 is 1.94 bits per heavy atom. The van der Waals surface area contributed by atoms with Crippen molar-refractivity contribution in [2.75, 3.05) is 19.3 Å². The third-order valence-electron chi connectivity index (χ3n) is 2.70. The predicted octanol–water partition coefficient (Wildman–Crippen LogP) is 2.80. The van der Waals surface area contributed by atoms with Crippen LogP contribution >= 0.6 is 11.8 Å². The lowest BCUT2D eigenvalue weighted by molar-refractivity contribution is 0.548. The molecule has 1 aromatic rings. The summed E-state index contributed by atoms with van der Waals surface area (Å²) in [5.41, 5.74) is 6.81. The summed E-state index contributed by atoms with van der Waals surface area (Å²) in [6.07, 6.45) is 4.36. The van der Waals surface area contributed by atoms with E-state index in [1.54, 1.807) is 11.8 Å². The highest BCUT2D eigenvalue weighted by molar-refractivity contribution is 7.98. The summed E-state index contributed by atoms with van der Waals surface area (Å²) >= 11 is 1.78. The number of rotatable bonds is 7. The highest BCUT2D eigenvalue weighted by Gasteiger charge is 2.03. The number of thioether (sulfide) groups is 1. The molecular weight excluding hydrogens is 216 g/mol. The molecule has 90 valence electrons. The first-order chi connectivity index (χ1) is 7.77. The molecule has 3 N–H and O–H groups in total. The number of nitrogens with two attached hydrogens (primary N) is 1. The Hall–Kier alpha value is -0.510. The van der Waals surface area contributed by atoms with Crippen LogP contribution in [0.25, 0.3) is 0 Å². The second-order valence-corrected chi connectivity index (χ2v) is 4.82. The molecule has 0 bridgehead atoms. The zero-order valence-electron chi connectivity index (χ0n) is 10.2. The van der Waals surface area contributed by atoms with E-state index in [0.717, 1.165) is 25.9 Å². The summed E-state index contributed by atoms with van der Waals surface area (Å²) < 4.78 is 0. The van der Waals surface area contributed by atoms with E-state index in [2.05, 4.69) is 42.8 Å². The van der Waals surface area contributed by atoms with Gasteiger partial charge >= 0.3 is 0 Å². The van der Waals surface area contributed by atoms with Gasteiger partial charge in [0.05, 0.1) is 0 Å². The number of unbranched alkanes of at least 4 members (excludes halogenated alkanes) is 1. The Morgan fingerprint density at radius 3 is 2.50 bits per heavy atom. The third kappa shape index (κ3) is 4.56. The van der Waals surface area contributed by atoms with E-state index in [0.29, 0.717) is 6.04 Å². The first-order valence-corrected chi connectivity index (χ1v) is 7.07. The fourth-order valence-corrected chi connectivity index (χ4v) is 2.01. The number of hydrogen-bond acceptors (Lipinski definition) is 3. The van der Waals surface area contributed by atoms with Gasteiger partial charge in [-0.3, -0.25) is 0 Å². The minimum atomic E-state index is 0.425. The van der Waals surface area contributed by atoms with Crippen molar-refractivity contribution in [2.45, 2.75) is 30.7 Å². The van der Waals surface area contributed by atoms with Crippen LogP contribution in [0.15, 0.2) is 29.2 Å². The minimum Gasteiger partial charge on any atom is -0.330 e. The van der Waals surface area contributed by atoms with Crippen LogP contribution in [-0.4, -0.2) is 19.3 Å². The van der Waals surface area contributed by atoms with Gasteiger partial charge in [-0.05, 0) is 56.8 Å². The van der Waals surface area contributed by atoms with Gasteiger partial charge in [0.15, 0.2) is 0 Å². The van der Waals surface area contributed by atoms with E-state index in [1.807, 2.05) is 0 Å². The number of nitrogens with one attached hydrogen (secondary N) is 1. The van der Waals surface area contributed by atoms with Crippen molar-refractivity contribution < 1.29 is 0 Å².